The van der Waals surface area contributed by atoms with Gasteiger partial charge in [-0.25, -0.2) is 0 Å². The van der Waals surface area contributed by atoms with Gasteiger partial charge in [0.2, 0.25) is 6.79 Å². The molecule has 0 aromatic heterocycles. The highest BCUT2D eigenvalue weighted by Gasteiger charge is 2.26. The molecular formula is C22H25N3O4. The van der Waals surface area contributed by atoms with Crippen LogP contribution in [-0.2, 0) is 4.74 Å². The van der Waals surface area contributed by atoms with Crippen LogP contribution in [-0.4, -0.2) is 70.1 Å². The molecule has 7 nitrogen and oxygen atoms in total. The summed E-state index contributed by atoms with van der Waals surface area (Å²) in [6.07, 6.45) is 0. The number of para-hydroxylation sites is 2. The fraction of sp³-hybridized carbons (Fsp3) is 0.409. The number of rotatable bonds is 3. The maximum absolute atomic E-state index is 12.9. The van der Waals surface area contributed by atoms with Crippen molar-refractivity contribution < 1.29 is 19.0 Å². The number of amides is 1. The van der Waals surface area contributed by atoms with Crippen molar-refractivity contribution in [3.63, 3.8) is 0 Å². The first-order valence-corrected chi connectivity index (χ1v) is 10.2. The molecule has 0 aliphatic carbocycles. The highest BCUT2D eigenvalue weighted by Crippen LogP contribution is 2.33. The Morgan fingerprint density at radius 2 is 1.41 bits per heavy atom. The van der Waals surface area contributed by atoms with Gasteiger partial charge in [0.15, 0.2) is 11.5 Å². The number of fused-ring (bicyclic) bond motifs is 1. The summed E-state index contributed by atoms with van der Waals surface area (Å²) in [6.45, 7) is 6.62. The Morgan fingerprint density at radius 1 is 0.759 bits per heavy atom. The molecule has 2 aromatic rings. The zero-order valence-electron chi connectivity index (χ0n) is 16.4. The van der Waals surface area contributed by atoms with E-state index in [1.807, 2.05) is 17.0 Å². The molecule has 2 saturated heterocycles. The van der Waals surface area contributed by atoms with Gasteiger partial charge in [-0.15, -0.1) is 0 Å². The van der Waals surface area contributed by atoms with E-state index in [1.165, 1.54) is 11.4 Å². The van der Waals surface area contributed by atoms with Crippen molar-refractivity contribution >= 4 is 17.3 Å². The molecule has 152 valence electrons. The minimum atomic E-state index is 0.0458. The van der Waals surface area contributed by atoms with Gasteiger partial charge in [0.25, 0.3) is 5.91 Å². The molecule has 2 aromatic carbocycles. The van der Waals surface area contributed by atoms with Crippen LogP contribution in [0.3, 0.4) is 0 Å². The molecule has 0 spiro atoms. The molecule has 7 heteroatoms. The molecule has 29 heavy (non-hydrogen) atoms. The zero-order chi connectivity index (χ0) is 19.6. The van der Waals surface area contributed by atoms with Gasteiger partial charge in [0.1, 0.15) is 0 Å². The van der Waals surface area contributed by atoms with Crippen molar-refractivity contribution in [3.8, 4) is 11.5 Å². The molecule has 0 unspecified atom stereocenters. The lowest BCUT2D eigenvalue weighted by Gasteiger charge is -2.39. The van der Waals surface area contributed by atoms with Gasteiger partial charge in [0.05, 0.1) is 24.6 Å². The Balaban J connectivity index is 1.27. The third-order valence-corrected chi connectivity index (χ3v) is 5.76. The lowest BCUT2D eigenvalue weighted by molar-refractivity contribution is 0.0746. The molecular weight excluding hydrogens is 370 g/mol. The summed E-state index contributed by atoms with van der Waals surface area (Å²) < 4.78 is 16.2. The van der Waals surface area contributed by atoms with Crippen LogP contribution in [0.2, 0.25) is 0 Å². The van der Waals surface area contributed by atoms with E-state index in [9.17, 15) is 4.79 Å². The Bertz CT molecular complexity index is 889. The lowest BCUT2D eigenvalue weighted by Crippen LogP contribution is -2.49. The Labute approximate surface area is 170 Å². The summed E-state index contributed by atoms with van der Waals surface area (Å²) in [5.74, 6) is 1.39. The van der Waals surface area contributed by atoms with Crippen LogP contribution in [0.1, 0.15) is 10.4 Å². The first kappa shape index (κ1) is 18.1. The third kappa shape index (κ3) is 3.58. The van der Waals surface area contributed by atoms with E-state index in [0.29, 0.717) is 30.2 Å². The Morgan fingerprint density at radius 3 is 2.14 bits per heavy atom. The molecule has 3 aliphatic heterocycles. The van der Waals surface area contributed by atoms with Crippen molar-refractivity contribution in [3.05, 3.63) is 48.0 Å². The summed E-state index contributed by atoms with van der Waals surface area (Å²) in [5, 5.41) is 0. The van der Waals surface area contributed by atoms with E-state index < -0.39 is 0 Å². The number of nitrogens with zero attached hydrogens (tertiary/aromatic N) is 3. The van der Waals surface area contributed by atoms with E-state index in [0.717, 1.165) is 39.4 Å². The summed E-state index contributed by atoms with van der Waals surface area (Å²) in [5.41, 5.74) is 3.15. The topological polar surface area (TPSA) is 54.5 Å². The molecule has 0 N–H and O–H groups in total. The quantitative estimate of drug-likeness (QED) is 0.794. The van der Waals surface area contributed by atoms with E-state index in [2.05, 4.69) is 34.1 Å². The van der Waals surface area contributed by atoms with Crippen LogP contribution >= 0.6 is 0 Å². The minimum Gasteiger partial charge on any atom is -0.454 e. The summed E-state index contributed by atoms with van der Waals surface area (Å²) >= 11 is 0. The van der Waals surface area contributed by atoms with E-state index in [1.54, 1.807) is 6.07 Å². The number of anilines is 2. The van der Waals surface area contributed by atoms with Gasteiger partial charge in [-0.2, -0.15) is 0 Å². The maximum atomic E-state index is 12.9. The van der Waals surface area contributed by atoms with Crippen LogP contribution in [0.4, 0.5) is 11.4 Å². The van der Waals surface area contributed by atoms with Crippen LogP contribution in [0, 0.1) is 0 Å². The summed E-state index contributed by atoms with van der Waals surface area (Å²) in [6, 6.07) is 14.0. The molecule has 0 bridgehead atoms. The van der Waals surface area contributed by atoms with Gasteiger partial charge in [-0.1, -0.05) is 12.1 Å². The van der Waals surface area contributed by atoms with E-state index >= 15 is 0 Å². The fourth-order valence-electron chi connectivity index (χ4n) is 4.17. The largest absolute Gasteiger partial charge is 0.454 e. The number of ether oxygens (including phenoxy) is 3. The average molecular weight is 395 g/mol. The van der Waals surface area contributed by atoms with Crippen LogP contribution < -0.4 is 19.3 Å². The highest BCUT2D eigenvalue weighted by atomic mass is 16.7. The van der Waals surface area contributed by atoms with Gasteiger partial charge in [0, 0.05) is 44.8 Å². The van der Waals surface area contributed by atoms with E-state index in [-0.39, 0.29) is 12.7 Å². The molecule has 0 saturated carbocycles. The van der Waals surface area contributed by atoms with Crippen molar-refractivity contribution in [1.29, 1.82) is 0 Å². The third-order valence-electron chi connectivity index (χ3n) is 5.76. The second-order valence-electron chi connectivity index (χ2n) is 7.44. The first-order valence-electron chi connectivity index (χ1n) is 10.2. The SMILES string of the molecule is O=C(c1ccc2c(c1)OCO2)N1CCN(c2ccccc2N2CCOCC2)CC1. The molecule has 3 aliphatic rings. The standard InChI is InChI=1S/C22H25N3O4/c26-22(17-5-6-20-21(15-17)29-16-28-20)25-9-7-23(8-10-25)18-3-1-2-4-19(18)24-11-13-27-14-12-24/h1-6,15H,7-14,16H2. The fourth-order valence-corrected chi connectivity index (χ4v) is 4.17. The highest BCUT2D eigenvalue weighted by molar-refractivity contribution is 5.95. The number of hydrogen-bond acceptors (Lipinski definition) is 6. The number of carbonyl (C=O) groups is 1. The predicted molar refractivity (Wildman–Crippen MR) is 110 cm³/mol. The van der Waals surface area contributed by atoms with Crippen molar-refractivity contribution in [2.45, 2.75) is 0 Å². The Hall–Kier alpha value is -2.93. The van der Waals surface area contributed by atoms with Gasteiger partial charge in [-0.3, -0.25) is 4.79 Å². The molecule has 3 heterocycles. The molecule has 0 atom stereocenters. The monoisotopic (exact) mass is 395 g/mol. The van der Waals surface area contributed by atoms with E-state index in [4.69, 9.17) is 14.2 Å². The van der Waals surface area contributed by atoms with Crippen LogP contribution in [0.25, 0.3) is 0 Å². The first-order chi connectivity index (χ1) is 14.3. The average Bonchev–Trinajstić information content (AvgIpc) is 3.27. The number of piperazine rings is 1. The normalized spacial score (nSPS) is 18.8. The smallest absolute Gasteiger partial charge is 0.254 e. The maximum Gasteiger partial charge on any atom is 0.254 e. The van der Waals surface area contributed by atoms with Crippen LogP contribution in [0.15, 0.2) is 42.5 Å². The van der Waals surface area contributed by atoms with Gasteiger partial charge < -0.3 is 28.9 Å². The Kier molecular flexibility index (Phi) is 4.89. The van der Waals surface area contributed by atoms with Gasteiger partial charge in [-0.05, 0) is 30.3 Å². The lowest BCUT2D eigenvalue weighted by atomic mass is 10.1. The second kappa shape index (κ2) is 7.83. The number of hydrogen-bond donors (Lipinski definition) is 0. The zero-order valence-corrected chi connectivity index (χ0v) is 16.4. The van der Waals surface area contributed by atoms with Crippen molar-refractivity contribution in [2.75, 3.05) is 69.1 Å². The van der Waals surface area contributed by atoms with Crippen molar-refractivity contribution in [2.24, 2.45) is 0 Å². The van der Waals surface area contributed by atoms with Crippen LogP contribution in [0.5, 0.6) is 11.5 Å². The molecule has 5 rings (SSSR count). The number of carbonyl (C=O) groups excluding carboxylic acids is 1. The molecule has 0 radical (unpaired) electrons. The van der Waals surface area contributed by atoms with Crippen molar-refractivity contribution in [1.82, 2.24) is 4.90 Å². The van der Waals surface area contributed by atoms with Gasteiger partial charge >= 0.3 is 0 Å². The summed E-state index contributed by atoms with van der Waals surface area (Å²) in [4.78, 5) is 19.6. The second-order valence-corrected chi connectivity index (χ2v) is 7.44. The number of benzene rings is 2. The summed E-state index contributed by atoms with van der Waals surface area (Å²) in [7, 11) is 0. The number of morpholine rings is 1. The molecule has 1 amide bonds. The molecule has 2 fully saturated rings. The minimum absolute atomic E-state index is 0.0458. The predicted octanol–water partition coefficient (Wildman–Crippen LogP) is 2.21.